The molecule has 0 bridgehead atoms. The van der Waals surface area contributed by atoms with Crippen LogP contribution in [0.25, 0.3) is 0 Å². The van der Waals surface area contributed by atoms with Crippen molar-refractivity contribution in [1.29, 1.82) is 0 Å². The second-order valence-electron chi connectivity index (χ2n) is 2.50. The van der Waals surface area contributed by atoms with Crippen molar-refractivity contribution in [2.24, 2.45) is 5.84 Å². The third kappa shape index (κ3) is 2.76. The molecule has 0 aliphatic rings. The quantitative estimate of drug-likeness (QED) is 0.318. The molecular formula is C9H12N2O2. The molecule has 0 amide bonds. The fourth-order valence-corrected chi connectivity index (χ4v) is 0.823. The highest BCUT2D eigenvalue weighted by molar-refractivity contribution is 5.72. The van der Waals surface area contributed by atoms with E-state index < -0.39 is 0 Å². The van der Waals surface area contributed by atoms with Gasteiger partial charge in [-0.25, -0.2) is 0 Å². The lowest BCUT2D eigenvalue weighted by atomic mass is 10.3. The SMILES string of the molecule is CCC(=O)Oc1ccc(NN)cc1. The van der Waals surface area contributed by atoms with E-state index in [-0.39, 0.29) is 5.97 Å². The molecule has 3 N–H and O–H groups in total. The summed E-state index contributed by atoms with van der Waals surface area (Å²) in [5.41, 5.74) is 3.26. The first kappa shape index (κ1) is 9.54. The van der Waals surface area contributed by atoms with Gasteiger partial charge in [0.15, 0.2) is 0 Å². The maximum Gasteiger partial charge on any atom is 0.310 e. The first-order valence-corrected chi connectivity index (χ1v) is 4.03. The highest BCUT2D eigenvalue weighted by Crippen LogP contribution is 2.14. The van der Waals surface area contributed by atoms with Gasteiger partial charge in [0.2, 0.25) is 0 Å². The molecule has 0 spiro atoms. The fourth-order valence-electron chi connectivity index (χ4n) is 0.823. The maximum absolute atomic E-state index is 10.9. The maximum atomic E-state index is 10.9. The van der Waals surface area contributed by atoms with Crippen LogP contribution in [0.15, 0.2) is 24.3 Å². The fraction of sp³-hybridized carbons (Fsp3) is 0.222. The number of esters is 1. The van der Waals surface area contributed by atoms with Crippen LogP contribution in [0, 0.1) is 0 Å². The third-order valence-corrected chi connectivity index (χ3v) is 1.54. The molecule has 4 nitrogen and oxygen atoms in total. The van der Waals surface area contributed by atoms with Gasteiger partial charge in [-0.2, -0.15) is 0 Å². The van der Waals surface area contributed by atoms with Crippen LogP contribution in [0.5, 0.6) is 5.75 Å². The van der Waals surface area contributed by atoms with Crippen molar-refractivity contribution in [1.82, 2.24) is 0 Å². The number of nitrogens with two attached hydrogens (primary N) is 1. The summed E-state index contributed by atoms with van der Waals surface area (Å²) < 4.78 is 4.96. The number of carbonyl (C=O) groups excluding carboxylic acids is 1. The van der Waals surface area contributed by atoms with E-state index in [0.717, 1.165) is 5.69 Å². The molecule has 13 heavy (non-hydrogen) atoms. The molecule has 0 heterocycles. The zero-order valence-electron chi connectivity index (χ0n) is 7.41. The van der Waals surface area contributed by atoms with Gasteiger partial charge in [0, 0.05) is 12.1 Å². The Balaban J connectivity index is 2.64. The number of ether oxygens (including phenoxy) is 1. The third-order valence-electron chi connectivity index (χ3n) is 1.54. The smallest absolute Gasteiger partial charge is 0.310 e. The van der Waals surface area contributed by atoms with Crippen molar-refractivity contribution < 1.29 is 9.53 Å². The Morgan fingerprint density at radius 1 is 1.46 bits per heavy atom. The first-order chi connectivity index (χ1) is 6.26. The van der Waals surface area contributed by atoms with Gasteiger partial charge in [-0.3, -0.25) is 10.6 Å². The van der Waals surface area contributed by atoms with Crippen molar-refractivity contribution in [2.45, 2.75) is 13.3 Å². The lowest BCUT2D eigenvalue weighted by Crippen LogP contribution is -2.07. The van der Waals surface area contributed by atoms with E-state index in [1.807, 2.05) is 0 Å². The minimum atomic E-state index is -0.242. The summed E-state index contributed by atoms with van der Waals surface area (Å²) in [5, 5.41) is 0. The average Bonchev–Trinajstić information content (AvgIpc) is 2.19. The van der Waals surface area contributed by atoms with E-state index in [9.17, 15) is 4.79 Å². The van der Waals surface area contributed by atoms with Gasteiger partial charge in [-0.05, 0) is 24.3 Å². The van der Waals surface area contributed by atoms with Crippen LogP contribution in [0.4, 0.5) is 5.69 Å². The molecule has 0 fully saturated rings. The molecule has 0 saturated carbocycles. The van der Waals surface area contributed by atoms with E-state index >= 15 is 0 Å². The number of hydrogen-bond acceptors (Lipinski definition) is 4. The molecule has 0 aliphatic heterocycles. The summed E-state index contributed by atoms with van der Waals surface area (Å²) in [7, 11) is 0. The van der Waals surface area contributed by atoms with Crippen molar-refractivity contribution in [3.8, 4) is 5.75 Å². The van der Waals surface area contributed by atoms with Crippen molar-refractivity contribution in [3.05, 3.63) is 24.3 Å². The number of rotatable bonds is 3. The lowest BCUT2D eigenvalue weighted by molar-refractivity contribution is -0.134. The molecule has 0 aliphatic carbocycles. The summed E-state index contributed by atoms with van der Waals surface area (Å²) in [5.74, 6) is 5.46. The monoisotopic (exact) mass is 180 g/mol. The van der Waals surface area contributed by atoms with E-state index in [0.29, 0.717) is 12.2 Å². The van der Waals surface area contributed by atoms with Crippen LogP contribution in [-0.4, -0.2) is 5.97 Å². The predicted molar refractivity (Wildman–Crippen MR) is 50.2 cm³/mol. The lowest BCUT2D eigenvalue weighted by Gasteiger charge is -2.03. The summed E-state index contributed by atoms with van der Waals surface area (Å²) in [4.78, 5) is 10.9. The van der Waals surface area contributed by atoms with Crippen molar-refractivity contribution in [3.63, 3.8) is 0 Å². The molecule has 1 aromatic rings. The molecular weight excluding hydrogens is 168 g/mol. The molecule has 70 valence electrons. The summed E-state index contributed by atoms with van der Waals surface area (Å²) in [6.45, 7) is 1.75. The normalized spacial score (nSPS) is 9.38. The summed E-state index contributed by atoms with van der Waals surface area (Å²) >= 11 is 0. The van der Waals surface area contributed by atoms with Gasteiger partial charge in [0.1, 0.15) is 5.75 Å². The number of nitrogen functional groups attached to an aromatic ring is 1. The first-order valence-electron chi connectivity index (χ1n) is 4.03. The topological polar surface area (TPSA) is 64.3 Å². The molecule has 1 aromatic carbocycles. The summed E-state index contributed by atoms with van der Waals surface area (Å²) in [6.07, 6.45) is 0.372. The van der Waals surface area contributed by atoms with Crippen LogP contribution in [0.2, 0.25) is 0 Å². The molecule has 0 atom stereocenters. The van der Waals surface area contributed by atoms with E-state index in [1.165, 1.54) is 0 Å². The largest absolute Gasteiger partial charge is 0.427 e. The van der Waals surface area contributed by atoms with Crippen molar-refractivity contribution in [2.75, 3.05) is 5.43 Å². The molecule has 0 saturated heterocycles. The number of hydrogen-bond donors (Lipinski definition) is 2. The standard InChI is InChI=1S/C9H12N2O2/c1-2-9(12)13-8-5-3-7(11-10)4-6-8/h3-6,11H,2,10H2,1H3. The molecule has 1 rings (SSSR count). The van der Waals surface area contributed by atoms with Gasteiger partial charge in [0.25, 0.3) is 0 Å². The Bertz CT molecular complexity index is 282. The highest BCUT2D eigenvalue weighted by atomic mass is 16.5. The van der Waals surface area contributed by atoms with Crippen LogP contribution < -0.4 is 16.0 Å². The Morgan fingerprint density at radius 2 is 2.08 bits per heavy atom. The Kier molecular flexibility index (Phi) is 3.28. The van der Waals surface area contributed by atoms with Gasteiger partial charge in [-0.1, -0.05) is 6.92 Å². The number of hydrazine groups is 1. The van der Waals surface area contributed by atoms with Crippen molar-refractivity contribution >= 4 is 11.7 Å². The summed E-state index contributed by atoms with van der Waals surface area (Å²) in [6, 6.07) is 6.84. The molecule has 0 aromatic heterocycles. The number of benzene rings is 1. The number of nitrogens with one attached hydrogen (secondary N) is 1. The van der Waals surface area contributed by atoms with Gasteiger partial charge >= 0.3 is 5.97 Å². The molecule has 4 heteroatoms. The Hall–Kier alpha value is -1.55. The zero-order chi connectivity index (χ0) is 9.68. The highest BCUT2D eigenvalue weighted by Gasteiger charge is 2.00. The van der Waals surface area contributed by atoms with E-state index in [4.69, 9.17) is 10.6 Å². The van der Waals surface area contributed by atoms with E-state index in [1.54, 1.807) is 31.2 Å². The van der Waals surface area contributed by atoms with Crippen LogP contribution in [0.1, 0.15) is 13.3 Å². The number of anilines is 1. The average molecular weight is 180 g/mol. The van der Waals surface area contributed by atoms with Gasteiger partial charge in [-0.15, -0.1) is 0 Å². The minimum absolute atomic E-state index is 0.242. The van der Waals surface area contributed by atoms with Crippen LogP contribution in [0.3, 0.4) is 0 Å². The molecule has 0 radical (unpaired) electrons. The predicted octanol–water partition coefficient (Wildman–Crippen LogP) is 1.29. The Labute approximate surface area is 76.7 Å². The van der Waals surface area contributed by atoms with E-state index in [2.05, 4.69) is 5.43 Å². The second-order valence-corrected chi connectivity index (χ2v) is 2.50. The van der Waals surface area contributed by atoms with Gasteiger partial charge < -0.3 is 10.2 Å². The minimum Gasteiger partial charge on any atom is -0.427 e. The number of carbonyl (C=O) groups is 1. The van der Waals surface area contributed by atoms with Crippen LogP contribution >= 0.6 is 0 Å². The molecule has 0 unspecified atom stereocenters. The van der Waals surface area contributed by atoms with Crippen LogP contribution in [-0.2, 0) is 4.79 Å². The Morgan fingerprint density at radius 3 is 2.54 bits per heavy atom. The van der Waals surface area contributed by atoms with Gasteiger partial charge in [0.05, 0.1) is 0 Å². The second kappa shape index (κ2) is 4.47. The zero-order valence-corrected chi connectivity index (χ0v) is 7.41.